The van der Waals surface area contributed by atoms with Gasteiger partial charge in [0, 0.05) is 0 Å². The smallest absolute Gasteiger partial charge is 0.534 e. The second kappa shape index (κ2) is 6.05. The molecule has 9 nitrogen and oxygen atoms in total. The van der Waals surface area contributed by atoms with Gasteiger partial charge in [-0.05, 0) is 18.1 Å². The molecule has 5 N–H and O–H groups in total. The van der Waals surface area contributed by atoms with E-state index in [1.165, 1.54) is 6.07 Å². The fraction of sp³-hybridized carbons (Fsp3) is 0.167. The van der Waals surface area contributed by atoms with Crippen molar-refractivity contribution in [1.29, 1.82) is 0 Å². The van der Waals surface area contributed by atoms with Crippen LogP contribution in [0.1, 0.15) is 25.7 Å². The Balaban J connectivity index is 1.84. The number of nitrogens with two attached hydrogens (primary N) is 1. The molecule has 1 aliphatic heterocycles. The summed E-state index contributed by atoms with van der Waals surface area (Å²) in [6.45, 7) is 0. The first-order chi connectivity index (χ1) is 11.4. The van der Waals surface area contributed by atoms with Crippen LogP contribution in [-0.4, -0.2) is 45.3 Å². The Hall–Kier alpha value is -2.73. The number of hydrogen-bond donors (Lipinski definition) is 4. The summed E-state index contributed by atoms with van der Waals surface area (Å²) in [4.78, 5) is 23.2. The molecule has 124 valence electrons. The van der Waals surface area contributed by atoms with Crippen LogP contribution in [0.15, 0.2) is 12.1 Å². The summed E-state index contributed by atoms with van der Waals surface area (Å²) in [7, 11) is -1.55. The highest BCUT2D eigenvalue weighted by Gasteiger charge is 2.39. The number of carbonyl (C=O) groups excluding carboxylic acids is 1. The zero-order valence-corrected chi connectivity index (χ0v) is 12.7. The summed E-state index contributed by atoms with van der Waals surface area (Å²) in [6.07, 6.45) is 0.0527. The largest absolute Gasteiger partial charge is 0.547 e. The Morgan fingerprint density at radius 3 is 2.83 bits per heavy atom. The molecule has 0 fully saturated rings. The van der Waals surface area contributed by atoms with Gasteiger partial charge in [0.1, 0.15) is 17.1 Å². The molecular weight excluding hydrogens is 342 g/mol. The number of fused-ring (bicyclic) bond motifs is 1. The number of carboxylic acids is 1. The van der Waals surface area contributed by atoms with E-state index in [1.54, 1.807) is 0 Å². The number of nitrogens with one attached hydrogen (secondary N) is 1. The van der Waals surface area contributed by atoms with Crippen molar-refractivity contribution in [2.75, 3.05) is 5.73 Å². The third-order valence-electron chi connectivity index (χ3n) is 3.38. The molecule has 12 heteroatoms. The predicted molar refractivity (Wildman–Crippen MR) is 81.2 cm³/mol. The first-order valence-corrected chi connectivity index (χ1v) is 7.47. The van der Waals surface area contributed by atoms with Gasteiger partial charge in [-0.25, -0.2) is 9.18 Å². The van der Waals surface area contributed by atoms with E-state index < -0.39 is 36.3 Å². The molecule has 0 aliphatic carbocycles. The van der Waals surface area contributed by atoms with E-state index in [1.807, 2.05) is 0 Å². The Kier molecular flexibility index (Phi) is 4.07. The van der Waals surface area contributed by atoms with Crippen LogP contribution < -0.4 is 15.7 Å². The van der Waals surface area contributed by atoms with Crippen LogP contribution in [0.5, 0.6) is 5.75 Å². The topological polar surface area (TPSA) is 148 Å². The SMILES string of the molecule is Nc1nnc(C(=O)NC2Cc3ccc(F)c(C(=O)O)c3OB2O)s1. The number of aromatic carboxylic acids is 1. The molecule has 24 heavy (non-hydrogen) atoms. The van der Waals surface area contributed by atoms with Gasteiger partial charge < -0.3 is 25.8 Å². The number of anilines is 1. The lowest BCUT2D eigenvalue weighted by atomic mass is 9.72. The van der Waals surface area contributed by atoms with Crippen LogP contribution in [0.4, 0.5) is 9.52 Å². The molecule has 1 amide bonds. The number of carbonyl (C=O) groups is 2. The zero-order chi connectivity index (χ0) is 17.4. The first-order valence-electron chi connectivity index (χ1n) is 6.66. The number of rotatable bonds is 3. The Morgan fingerprint density at radius 2 is 2.21 bits per heavy atom. The molecule has 3 rings (SSSR count). The van der Waals surface area contributed by atoms with Gasteiger partial charge >= 0.3 is 13.1 Å². The predicted octanol–water partition coefficient (Wildman–Crippen LogP) is -0.289. The lowest BCUT2D eigenvalue weighted by Gasteiger charge is -2.28. The second-order valence-electron chi connectivity index (χ2n) is 4.95. The van der Waals surface area contributed by atoms with E-state index in [0.717, 1.165) is 17.4 Å². The standard InChI is InChI=1S/C12H10BFN4O5S/c14-5-2-1-4-3-6(13(22)23-8(4)7(5)11(20)21)16-9(19)10-17-18-12(15)24-10/h1-2,6,22H,3H2,(H2,15,18)(H,16,19)(H,20,21). The minimum absolute atomic E-state index is 0.0100. The summed E-state index contributed by atoms with van der Waals surface area (Å²) in [6, 6.07) is 2.33. The normalized spacial score (nSPS) is 16.2. The lowest BCUT2D eigenvalue weighted by molar-refractivity contribution is 0.0688. The van der Waals surface area contributed by atoms with Crippen LogP contribution >= 0.6 is 11.3 Å². The van der Waals surface area contributed by atoms with E-state index in [-0.39, 0.29) is 22.3 Å². The summed E-state index contributed by atoms with van der Waals surface area (Å²) in [5, 5.41) is 28.8. The number of carboxylic acid groups (broad SMARTS) is 1. The Labute approximate surface area is 138 Å². The number of halogens is 1. The molecule has 0 spiro atoms. The molecule has 1 atom stereocenters. The third kappa shape index (κ3) is 2.88. The van der Waals surface area contributed by atoms with Crippen LogP contribution in [0, 0.1) is 5.82 Å². The maximum atomic E-state index is 13.6. The fourth-order valence-electron chi connectivity index (χ4n) is 2.32. The highest BCUT2D eigenvalue weighted by molar-refractivity contribution is 7.16. The Bertz CT molecular complexity index is 832. The molecule has 1 aromatic heterocycles. The van der Waals surface area contributed by atoms with Crippen LogP contribution in [0.3, 0.4) is 0 Å². The van der Waals surface area contributed by atoms with Crippen molar-refractivity contribution >= 4 is 35.5 Å². The van der Waals surface area contributed by atoms with Crippen molar-refractivity contribution in [3.05, 3.63) is 34.1 Å². The van der Waals surface area contributed by atoms with Gasteiger partial charge in [0.15, 0.2) is 0 Å². The maximum Gasteiger partial charge on any atom is 0.547 e. The van der Waals surface area contributed by atoms with Crippen LogP contribution in [-0.2, 0) is 6.42 Å². The monoisotopic (exact) mass is 352 g/mol. The van der Waals surface area contributed by atoms with Crippen molar-refractivity contribution in [2.45, 2.75) is 12.4 Å². The summed E-state index contributed by atoms with van der Waals surface area (Å²) < 4.78 is 18.8. The quantitative estimate of drug-likeness (QED) is 0.551. The van der Waals surface area contributed by atoms with E-state index in [9.17, 15) is 19.0 Å². The summed E-state index contributed by atoms with van der Waals surface area (Å²) >= 11 is 0.873. The molecule has 1 unspecified atom stereocenters. The van der Waals surface area contributed by atoms with Crippen LogP contribution in [0.25, 0.3) is 0 Å². The highest BCUT2D eigenvalue weighted by Crippen LogP contribution is 2.32. The van der Waals surface area contributed by atoms with Gasteiger partial charge in [-0.3, -0.25) is 4.79 Å². The van der Waals surface area contributed by atoms with Gasteiger partial charge in [0.05, 0.1) is 5.94 Å². The molecule has 0 radical (unpaired) electrons. The fourth-order valence-corrected chi connectivity index (χ4v) is 2.83. The maximum absolute atomic E-state index is 13.6. The van der Waals surface area contributed by atoms with Crippen molar-refractivity contribution in [3.63, 3.8) is 0 Å². The van der Waals surface area contributed by atoms with E-state index in [4.69, 9.17) is 15.5 Å². The van der Waals surface area contributed by atoms with Gasteiger partial charge in [0.25, 0.3) is 5.91 Å². The molecule has 1 aliphatic rings. The van der Waals surface area contributed by atoms with Crippen molar-refractivity contribution < 1.29 is 28.8 Å². The van der Waals surface area contributed by atoms with Crippen molar-refractivity contribution in [2.24, 2.45) is 0 Å². The van der Waals surface area contributed by atoms with E-state index in [2.05, 4.69) is 15.5 Å². The minimum Gasteiger partial charge on any atom is -0.534 e. The number of nitrogen functional groups attached to an aromatic ring is 1. The Morgan fingerprint density at radius 1 is 1.46 bits per heavy atom. The van der Waals surface area contributed by atoms with Gasteiger partial charge in [-0.1, -0.05) is 17.4 Å². The summed E-state index contributed by atoms with van der Waals surface area (Å²) in [5.41, 5.74) is 5.09. The number of benzene rings is 1. The number of amides is 1. The first kappa shape index (κ1) is 16.1. The van der Waals surface area contributed by atoms with Crippen molar-refractivity contribution in [3.8, 4) is 5.75 Å². The highest BCUT2D eigenvalue weighted by atomic mass is 32.1. The van der Waals surface area contributed by atoms with Crippen LogP contribution in [0.2, 0.25) is 0 Å². The minimum atomic E-state index is -1.55. The molecule has 1 aromatic carbocycles. The molecule has 0 saturated carbocycles. The zero-order valence-electron chi connectivity index (χ0n) is 11.9. The van der Waals surface area contributed by atoms with Gasteiger partial charge in [0.2, 0.25) is 10.1 Å². The molecule has 2 heterocycles. The van der Waals surface area contributed by atoms with E-state index >= 15 is 0 Å². The lowest BCUT2D eigenvalue weighted by Crippen LogP contribution is -2.53. The summed E-state index contributed by atoms with van der Waals surface area (Å²) in [5.74, 6) is -4.22. The average molecular weight is 352 g/mol. The van der Waals surface area contributed by atoms with Gasteiger partial charge in [-0.2, -0.15) is 0 Å². The molecule has 0 saturated heterocycles. The average Bonchev–Trinajstić information content (AvgIpc) is 2.94. The number of aromatic nitrogens is 2. The number of hydrogen-bond acceptors (Lipinski definition) is 8. The van der Waals surface area contributed by atoms with Crippen molar-refractivity contribution in [1.82, 2.24) is 15.5 Å². The third-order valence-corrected chi connectivity index (χ3v) is 4.13. The van der Waals surface area contributed by atoms with E-state index in [0.29, 0.717) is 5.56 Å². The molecular formula is C12H10BFN4O5S. The number of nitrogens with zero attached hydrogens (tertiary/aromatic N) is 2. The van der Waals surface area contributed by atoms with Gasteiger partial charge in [-0.15, -0.1) is 10.2 Å². The molecule has 0 bridgehead atoms. The second-order valence-corrected chi connectivity index (χ2v) is 5.96. The molecule has 2 aromatic rings.